The lowest BCUT2D eigenvalue weighted by molar-refractivity contribution is -0.143. The van der Waals surface area contributed by atoms with Crippen molar-refractivity contribution in [2.45, 2.75) is 51.4 Å². The lowest BCUT2D eigenvalue weighted by atomic mass is 10.0. The van der Waals surface area contributed by atoms with E-state index in [1.165, 1.54) is 9.13 Å². The van der Waals surface area contributed by atoms with Crippen LogP contribution in [0, 0.1) is 6.92 Å². The van der Waals surface area contributed by atoms with Crippen molar-refractivity contribution in [3.8, 4) is 0 Å². The van der Waals surface area contributed by atoms with Gasteiger partial charge in [0.1, 0.15) is 0 Å². The van der Waals surface area contributed by atoms with Crippen LogP contribution in [0.5, 0.6) is 0 Å². The molecular weight excluding hydrogens is 435 g/mol. The first-order chi connectivity index (χ1) is 15.6. The molecule has 9 heteroatoms. The predicted octanol–water partition coefficient (Wildman–Crippen LogP) is 5.56. The van der Waals surface area contributed by atoms with Crippen molar-refractivity contribution in [1.29, 1.82) is 0 Å². The third-order valence-electron chi connectivity index (χ3n) is 6.13. The number of aryl methyl sites for hydroxylation is 1. The standard InChI is InChI=1S/C24H24F3N3O3/c1-14-6-5-7-18-22(14)17(13-28-18)15(2)29-19-8-3-4-9-20(19)30(23(29)33)16(12-21(31)32)10-11-24(25,26)27/h3-9,13,15-16,28H,10-12H2,1-2H3,(H,31,32). The van der Waals surface area contributed by atoms with E-state index in [2.05, 4.69) is 4.98 Å². The molecule has 2 aromatic carbocycles. The van der Waals surface area contributed by atoms with Crippen LogP contribution in [0.25, 0.3) is 21.9 Å². The van der Waals surface area contributed by atoms with Crippen molar-refractivity contribution in [1.82, 2.24) is 14.1 Å². The number of nitrogens with one attached hydrogen (secondary N) is 1. The van der Waals surface area contributed by atoms with Crippen molar-refractivity contribution in [2.24, 2.45) is 0 Å². The number of alkyl halides is 3. The number of nitrogens with zero attached hydrogens (tertiary/aromatic N) is 2. The zero-order chi connectivity index (χ0) is 23.9. The number of hydrogen-bond acceptors (Lipinski definition) is 2. The van der Waals surface area contributed by atoms with Crippen molar-refractivity contribution < 1.29 is 23.1 Å². The van der Waals surface area contributed by atoms with Gasteiger partial charge in [-0.2, -0.15) is 13.2 Å². The van der Waals surface area contributed by atoms with Gasteiger partial charge in [0.15, 0.2) is 0 Å². The summed E-state index contributed by atoms with van der Waals surface area (Å²) in [7, 11) is 0. The summed E-state index contributed by atoms with van der Waals surface area (Å²) >= 11 is 0. The summed E-state index contributed by atoms with van der Waals surface area (Å²) in [5.74, 6) is -1.26. The number of hydrogen-bond donors (Lipinski definition) is 2. The topological polar surface area (TPSA) is 80.0 Å². The normalized spacial score (nSPS) is 14.1. The van der Waals surface area contributed by atoms with Crippen molar-refractivity contribution >= 4 is 27.9 Å². The van der Waals surface area contributed by atoms with Crippen LogP contribution in [0.3, 0.4) is 0 Å². The van der Waals surface area contributed by atoms with E-state index in [0.29, 0.717) is 11.0 Å². The number of aromatic nitrogens is 3. The number of carbonyl (C=O) groups is 1. The number of aliphatic carboxylic acids is 1. The fourth-order valence-corrected chi connectivity index (χ4v) is 4.64. The van der Waals surface area contributed by atoms with Crippen LogP contribution in [0.2, 0.25) is 0 Å². The van der Waals surface area contributed by atoms with Crippen molar-refractivity contribution in [3.63, 3.8) is 0 Å². The summed E-state index contributed by atoms with van der Waals surface area (Å²) in [4.78, 5) is 28.3. The first kappa shape index (κ1) is 22.7. The number of rotatable bonds is 7. The quantitative estimate of drug-likeness (QED) is 0.380. The Balaban J connectivity index is 1.89. The molecule has 174 valence electrons. The minimum absolute atomic E-state index is 0.416. The van der Waals surface area contributed by atoms with Gasteiger partial charge >= 0.3 is 17.8 Å². The van der Waals surface area contributed by atoms with Crippen LogP contribution in [0.1, 0.15) is 49.4 Å². The second-order valence-corrected chi connectivity index (χ2v) is 8.33. The highest BCUT2D eigenvalue weighted by Crippen LogP contribution is 2.33. The molecule has 2 heterocycles. The molecule has 0 saturated heterocycles. The summed E-state index contributed by atoms with van der Waals surface area (Å²) in [5, 5.41) is 10.3. The molecule has 4 aromatic rings. The van der Waals surface area contributed by atoms with Gasteiger partial charge in [-0.05, 0) is 44.0 Å². The minimum atomic E-state index is -4.45. The Morgan fingerprint density at radius 2 is 1.76 bits per heavy atom. The van der Waals surface area contributed by atoms with E-state index in [1.54, 1.807) is 24.3 Å². The number of aromatic amines is 1. The molecule has 2 atom stereocenters. The number of para-hydroxylation sites is 2. The van der Waals surface area contributed by atoms with E-state index >= 15 is 0 Å². The number of carboxylic acids is 1. The second kappa shape index (κ2) is 8.46. The Labute approximate surface area is 187 Å². The molecule has 33 heavy (non-hydrogen) atoms. The van der Waals surface area contributed by atoms with Gasteiger partial charge < -0.3 is 10.1 Å². The number of H-pyrrole nitrogens is 1. The minimum Gasteiger partial charge on any atom is -0.481 e. The van der Waals surface area contributed by atoms with Crippen LogP contribution in [-0.4, -0.2) is 31.4 Å². The number of imidazole rings is 1. The van der Waals surface area contributed by atoms with E-state index in [1.807, 2.05) is 38.2 Å². The highest BCUT2D eigenvalue weighted by molar-refractivity contribution is 5.87. The molecule has 0 amide bonds. The summed E-state index contributed by atoms with van der Waals surface area (Å²) in [6, 6.07) is 11.1. The fraction of sp³-hybridized carbons (Fsp3) is 0.333. The molecule has 0 fully saturated rings. The van der Waals surface area contributed by atoms with Crippen LogP contribution >= 0.6 is 0 Å². The second-order valence-electron chi connectivity index (χ2n) is 8.33. The maximum Gasteiger partial charge on any atom is 0.389 e. The lowest BCUT2D eigenvalue weighted by Crippen LogP contribution is -2.31. The molecule has 0 aliphatic carbocycles. The Bertz CT molecular complexity index is 1380. The molecule has 2 N–H and O–H groups in total. The Morgan fingerprint density at radius 3 is 2.39 bits per heavy atom. The Kier molecular flexibility index (Phi) is 5.82. The molecule has 0 aliphatic rings. The van der Waals surface area contributed by atoms with E-state index < -0.39 is 49.2 Å². The van der Waals surface area contributed by atoms with Gasteiger partial charge in [-0.3, -0.25) is 13.9 Å². The van der Waals surface area contributed by atoms with Gasteiger partial charge in [0, 0.05) is 35.1 Å². The molecule has 0 saturated carbocycles. The molecule has 0 radical (unpaired) electrons. The maximum absolute atomic E-state index is 13.6. The average molecular weight is 459 g/mol. The largest absolute Gasteiger partial charge is 0.481 e. The lowest BCUT2D eigenvalue weighted by Gasteiger charge is -2.18. The smallest absolute Gasteiger partial charge is 0.389 e. The van der Waals surface area contributed by atoms with Crippen LogP contribution < -0.4 is 5.69 Å². The third kappa shape index (κ3) is 4.27. The predicted molar refractivity (Wildman–Crippen MR) is 120 cm³/mol. The van der Waals surface area contributed by atoms with E-state index in [4.69, 9.17) is 0 Å². The van der Waals surface area contributed by atoms with E-state index in [-0.39, 0.29) is 0 Å². The van der Waals surface area contributed by atoms with Gasteiger partial charge in [-0.15, -0.1) is 0 Å². The van der Waals surface area contributed by atoms with Gasteiger partial charge in [-0.25, -0.2) is 4.79 Å². The van der Waals surface area contributed by atoms with E-state index in [0.717, 1.165) is 22.0 Å². The summed E-state index contributed by atoms with van der Waals surface area (Å²) < 4.78 is 41.6. The molecule has 2 aromatic heterocycles. The number of fused-ring (bicyclic) bond motifs is 2. The van der Waals surface area contributed by atoms with Crippen LogP contribution in [-0.2, 0) is 4.79 Å². The Morgan fingerprint density at radius 1 is 1.09 bits per heavy atom. The first-order valence-electron chi connectivity index (χ1n) is 10.6. The number of halogens is 3. The maximum atomic E-state index is 13.6. The molecule has 0 bridgehead atoms. The monoisotopic (exact) mass is 459 g/mol. The molecule has 4 rings (SSSR count). The summed E-state index contributed by atoms with van der Waals surface area (Å²) in [5.41, 5.74) is 3.25. The molecule has 6 nitrogen and oxygen atoms in total. The zero-order valence-electron chi connectivity index (χ0n) is 18.2. The highest BCUT2D eigenvalue weighted by Gasteiger charge is 2.32. The first-order valence-corrected chi connectivity index (χ1v) is 10.6. The van der Waals surface area contributed by atoms with Gasteiger partial charge in [-0.1, -0.05) is 24.3 Å². The zero-order valence-corrected chi connectivity index (χ0v) is 18.2. The summed E-state index contributed by atoms with van der Waals surface area (Å²) in [6.07, 6.45) is -4.87. The van der Waals surface area contributed by atoms with Crippen LogP contribution in [0.15, 0.2) is 53.5 Å². The SMILES string of the molecule is Cc1cccc2[nH]cc(C(C)n3c(=O)n(C(CCC(F)(F)F)CC(=O)O)c4ccccc43)c12. The fourth-order valence-electron chi connectivity index (χ4n) is 4.64. The van der Waals surface area contributed by atoms with E-state index in [9.17, 15) is 27.9 Å². The van der Waals surface area contributed by atoms with Crippen molar-refractivity contribution in [2.75, 3.05) is 0 Å². The summed E-state index contributed by atoms with van der Waals surface area (Å²) in [6.45, 7) is 3.83. The van der Waals surface area contributed by atoms with Gasteiger partial charge in [0.05, 0.1) is 23.5 Å². The average Bonchev–Trinajstić information content (AvgIpc) is 3.29. The van der Waals surface area contributed by atoms with Crippen LogP contribution in [0.4, 0.5) is 13.2 Å². The van der Waals surface area contributed by atoms with Crippen molar-refractivity contribution in [3.05, 3.63) is 70.3 Å². The highest BCUT2D eigenvalue weighted by atomic mass is 19.4. The molecule has 0 aliphatic heterocycles. The number of carboxylic acid groups (broad SMARTS) is 1. The molecule has 0 spiro atoms. The Hall–Kier alpha value is -3.49. The third-order valence-corrected chi connectivity index (χ3v) is 6.13. The molecule has 2 unspecified atom stereocenters. The van der Waals surface area contributed by atoms with Gasteiger partial charge in [0.25, 0.3) is 0 Å². The van der Waals surface area contributed by atoms with Gasteiger partial charge in [0.2, 0.25) is 0 Å². The molecular formula is C24H24F3N3O3. The number of benzene rings is 2.